The van der Waals surface area contributed by atoms with E-state index in [1.165, 1.54) is 73.2 Å². The molecule has 0 bridgehead atoms. The summed E-state index contributed by atoms with van der Waals surface area (Å²) in [5.41, 5.74) is 3.15. The second kappa shape index (κ2) is 7.13. The summed E-state index contributed by atoms with van der Waals surface area (Å²) in [5.74, 6) is 3.97. The smallest absolute Gasteiger partial charge is 0.00833 e. The van der Waals surface area contributed by atoms with Crippen molar-refractivity contribution in [2.45, 2.75) is 70.3 Å². The summed E-state index contributed by atoms with van der Waals surface area (Å²) >= 11 is 0. The molecule has 2 saturated carbocycles. The van der Waals surface area contributed by atoms with Crippen LogP contribution in [0.15, 0.2) is 24.3 Å². The van der Waals surface area contributed by atoms with Gasteiger partial charge in [-0.2, -0.15) is 0 Å². The van der Waals surface area contributed by atoms with E-state index in [0.717, 1.165) is 23.7 Å². The summed E-state index contributed by atoms with van der Waals surface area (Å²) in [4.78, 5) is 0. The van der Waals surface area contributed by atoms with E-state index in [-0.39, 0.29) is 0 Å². The molecule has 0 atom stereocenters. The van der Waals surface area contributed by atoms with Crippen molar-refractivity contribution in [1.29, 1.82) is 0 Å². The largest absolute Gasteiger partial charge is 0.0625 e. The van der Waals surface area contributed by atoms with Gasteiger partial charge in [-0.1, -0.05) is 49.6 Å². The first-order valence-corrected chi connectivity index (χ1v) is 10.8. The molecule has 0 heterocycles. The van der Waals surface area contributed by atoms with Crippen LogP contribution in [-0.4, -0.2) is 10.2 Å². The molecular weight excluding hydrogens is 268 g/mol. The van der Waals surface area contributed by atoms with Crippen molar-refractivity contribution in [2.24, 2.45) is 17.8 Å². The highest BCUT2D eigenvalue weighted by atomic mass is 28.1. The third-order valence-electron chi connectivity index (χ3n) is 6.36. The molecule has 1 aromatic rings. The van der Waals surface area contributed by atoms with Crippen LogP contribution in [-0.2, 0) is 6.04 Å². The van der Waals surface area contributed by atoms with E-state index in [2.05, 4.69) is 31.2 Å². The maximum atomic E-state index is 2.44. The van der Waals surface area contributed by atoms with E-state index in [1.54, 1.807) is 5.56 Å². The number of benzene rings is 1. The monoisotopic (exact) mass is 300 g/mol. The van der Waals surface area contributed by atoms with E-state index < -0.39 is 0 Å². The molecule has 3 rings (SSSR count). The Morgan fingerprint density at radius 3 is 1.86 bits per heavy atom. The Morgan fingerprint density at radius 2 is 1.33 bits per heavy atom. The molecule has 21 heavy (non-hydrogen) atoms. The Labute approximate surface area is 134 Å². The second-order valence-corrected chi connectivity index (χ2v) is 8.43. The van der Waals surface area contributed by atoms with Gasteiger partial charge in [-0.15, -0.1) is 0 Å². The van der Waals surface area contributed by atoms with Crippen molar-refractivity contribution in [1.82, 2.24) is 0 Å². The highest BCUT2D eigenvalue weighted by Crippen LogP contribution is 2.43. The lowest BCUT2D eigenvalue weighted by Crippen LogP contribution is -2.24. The van der Waals surface area contributed by atoms with E-state index in [0.29, 0.717) is 0 Å². The normalized spacial score (nSPS) is 34.0. The molecule has 0 aliphatic heterocycles. The summed E-state index contributed by atoms with van der Waals surface area (Å²) in [6.07, 6.45) is 11.9. The standard InChI is InChI=1S/C20H32Si/c1-15-2-6-17(7-3-15)19-10-12-20(13-11-19)18-8-4-16(14-21)5-9-18/h4-5,8-9,15,17,19-20H,2-3,6-7,10-14H2,1,21H3. The van der Waals surface area contributed by atoms with Crippen LogP contribution in [0.4, 0.5) is 0 Å². The third-order valence-corrected chi connectivity index (χ3v) is 7.17. The first kappa shape index (κ1) is 15.3. The van der Waals surface area contributed by atoms with Crippen LogP contribution >= 0.6 is 0 Å². The van der Waals surface area contributed by atoms with Crippen molar-refractivity contribution < 1.29 is 0 Å². The van der Waals surface area contributed by atoms with Crippen LogP contribution in [0.25, 0.3) is 0 Å². The van der Waals surface area contributed by atoms with Gasteiger partial charge in [0.25, 0.3) is 0 Å². The maximum absolute atomic E-state index is 2.44. The summed E-state index contributed by atoms with van der Waals surface area (Å²) < 4.78 is 0. The van der Waals surface area contributed by atoms with Gasteiger partial charge in [0.15, 0.2) is 0 Å². The minimum atomic E-state index is 0.854. The SMILES string of the molecule is CC1CCC(C2CCC(c3ccc(C[SiH3])cc3)CC2)CC1. The Bertz CT molecular complexity index is 420. The zero-order valence-corrected chi connectivity index (χ0v) is 16.0. The van der Waals surface area contributed by atoms with Gasteiger partial charge in [0, 0.05) is 10.2 Å². The molecule has 0 unspecified atom stereocenters. The quantitative estimate of drug-likeness (QED) is 0.713. The first-order valence-electron chi connectivity index (χ1n) is 9.35. The van der Waals surface area contributed by atoms with Gasteiger partial charge in [-0.25, -0.2) is 0 Å². The van der Waals surface area contributed by atoms with Crippen LogP contribution in [0.3, 0.4) is 0 Å². The summed E-state index contributed by atoms with van der Waals surface area (Å²) in [7, 11) is 1.28. The molecule has 0 aromatic heterocycles. The van der Waals surface area contributed by atoms with Crippen molar-refractivity contribution >= 4 is 10.2 Å². The molecule has 2 aliphatic rings. The highest BCUT2D eigenvalue weighted by Gasteiger charge is 2.30. The summed E-state index contributed by atoms with van der Waals surface area (Å²) in [6.45, 7) is 2.44. The van der Waals surface area contributed by atoms with Gasteiger partial charge in [0.05, 0.1) is 0 Å². The van der Waals surface area contributed by atoms with Crippen LogP contribution in [0, 0.1) is 17.8 Å². The summed E-state index contributed by atoms with van der Waals surface area (Å²) in [6, 6.07) is 10.9. The van der Waals surface area contributed by atoms with Gasteiger partial charge < -0.3 is 0 Å². The topological polar surface area (TPSA) is 0 Å². The van der Waals surface area contributed by atoms with Gasteiger partial charge in [-0.05, 0) is 73.8 Å². The average molecular weight is 301 g/mol. The van der Waals surface area contributed by atoms with Crippen LogP contribution in [0.1, 0.15) is 75.3 Å². The fourth-order valence-electron chi connectivity index (χ4n) is 4.71. The number of hydrogen-bond donors (Lipinski definition) is 0. The van der Waals surface area contributed by atoms with Crippen molar-refractivity contribution in [2.75, 3.05) is 0 Å². The van der Waals surface area contributed by atoms with E-state index in [1.807, 2.05) is 0 Å². The van der Waals surface area contributed by atoms with Crippen molar-refractivity contribution in [3.8, 4) is 0 Å². The molecule has 0 N–H and O–H groups in total. The second-order valence-electron chi connectivity index (χ2n) is 7.73. The molecule has 1 aromatic carbocycles. The van der Waals surface area contributed by atoms with E-state index >= 15 is 0 Å². The van der Waals surface area contributed by atoms with E-state index in [9.17, 15) is 0 Å². The minimum absolute atomic E-state index is 0.854. The number of hydrogen-bond acceptors (Lipinski definition) is 0. The molecule has 0 amide bonds. The van der Waals surface area contributed by atoms with Gasteiger partial charge in [-0.3, -0.25) is 0 Å². The highest BCUT2D eigenvalue weighted by molar-refractivity contribution is 6.08. The Kier molecular flexibility index (Phi) is 5.21. The predicted octanol–water partition coefficient (Wildman–Crippen LogP) is 4.65. The molecule has 0 radical (unpaired) electrons. The van der Waals surface area contributed by atoms with Crippen LogP contribution in [0.2, 0.25) is 0 Å². The first-order chi connectivity index (χ1) is 10.3. The van der Waals surface area contributed by atoms with Gasteiger partial charge >= 0.3 is 0 Å². The molecular formula is C20H32Si. The molecule has 2 aliphatic carbocycles. The zero-order chi connectivity index (χ0) is 14.7. The fourth-order valence-corrected chi connectivity index (χ4v) is 5.18. The maximum Gasteiger partial charge on any atom is 0.00833 e. The van der Waals surface area contributed by atoms with Gasteiger partial charge in [0.2, 0.25) is 0 Å². The lowest BCUT2D eigenvalue weighted by molar-refractivity contribution is 0.165. The molecule has 1 heteroatoms. The average Bonchev–Trinajstić information content (AvgIpc) is 2.56. The fraction of sp³-hybridized carbons (Fsp3) is 0.700. The zero-order valence-electron chi connectivity index (χ0n) is 14.0. The third kappa shape index (κ3) is 3.80. The number of rotatable bonds is 3. The molecule has 116 valence electrons. The van der Waals surface area contributed by atoms with Gasteiger partial charge in [0.1, 0.15) is 0 Å². The Morgan fingerprint density at radius 1 is 0.810 bits per heavy atom. The molecule has 0 spiro atoms. The minimum Gasteiger partial charge on any atom is -0.0625 e. The molecule has 2 fully saturated rings. The van der Waals surface area contributed by atoms with Crippen LogP contribution < -0.4 is 0 Å². The lowest BCUT2D eigenvalue weighted by atomic mass is 9.68. The van der Waals surface area contributed by atoms with E-state index in [4.69, 9.17) is 0 Å². The molecule has 0 saturated heterocycles. The van der Waals surface area contributed by atoms with Crippen molar-refractivity contribution in [3.05, 3.63) is 35.4 Å². The van der Waals surface area contributed by atoms with Crippen molar-refractivity contribution in [3.63, 3.8) is 0 Å². The Hall–Kier alpha value is -0.563. The van der Waals surface area contributed by atoms with Crippen LogP contribution in [0.5, 0.6) is 0 Å². The lowest BCUT2D eigenvalue weighted by Gasteiger charge is -2.37. The predicted molar refractivity (Wildman–Crippen MR) is 95.9 cm³/mol. The Balaban J connectivity index is 1.52. The summed E-state index contributed by atoms with van der Waals surface area (Å²) in [5, 5.41) is 0. The molecule has 0 nitrogen and oxygen atoms in total.